The third-order valence-electron chi connectivity index (χ3n) is 2.56. The van der Waals surface area contributed by atoms with Gasteiger partial charge in [0.05, 0.1) is 5.69 Å². The number of anilines is 1. The molecule has 2 rings (SSSR count). The molecule has 0 saturated carbocycles. The highest BCUT2D eigenvalue weighted by atomic mass is 16.1. The van der Waals surface area contributed by atoms with Crippen molar-refractivity contribution in [2.75, 3.05) is 5.32 Å². The number of rotatable bonds is 3. The Morgan fingerprint density at radius 2 is 1.95 bits per heavy atom. The van der Waals surface area contributed by atoms with Crippen LogP contribution in [-0.4, -0.2) is 10.9 Å². The van der Waals surface area contributed by atoms with E-state index in [4.69, 9.17) is 0 Å². The van der Waals surface area contributed by atoms with Crippen molar-refractivity contribution in [3.8, 4) is 0 Å². The van der Waals surface area contributed by atoms with E-state index in [0.717, 1.165) is 22.6 Å². The Bertz CT molecular complexity index is 618. The summed E-state index contributed by atoms with van der Waals surface area (Å²) in [4.78, 5) is 15.4. The smallest absolute Gasteiger partial charge is 0.221 e. The molecule has 2 aromatic rings. The maximum absolute atomic E-state index is 11.0. The number of carbonyl (C=O) groups excluding carboxylic acids is 1. The second-order valence-corrected chi connectivity index (χ2v) is 4.34. The first-order valence-corrected chi connectivity index (χ1v) is 6.13. The highest BCUT2D eigenvalue weighted by molar-refractivity contribution is 5.89. The van der Waals surface area contributed by atoms with E-state index in [9.17, 15) is 4.79 Å². The molecule has 1 aromatic carbocycles. The monoisotopic (exact) mass is 252 g/mol. The van der Waals surface area contributed by atoms with Crippen LogP contribution < -0.4 is 5.32 Å². The van der Waals surface area contributed by atoms with Crippen molar-refractivity contribution >= 4 is 23.7 Å². The van der Waals surface area contributed by atoms with Gasteiger partial charge in [-0.15, -0.1) is 0 Å². The van der Waals surface area contributed by atoms with Crippen molar-refractivity contribution in [2.45, 2.75) is 13.8 Å². The van der Waals surface area contributed by atoms with Crippen molar-refractivity contribution in [3.05, 3.63) is 59.4 Å². The van der Waals surface area contributed by atoms with Crippen LogP contribution in [0.1, 0.15) is 23.9 Å². The van der Waals surface area contributed by atoms with Crippen LogP contribution in [0.2, 0.25) is 0 Å². The summed E-state index contributed by atoms with van der Waals surface area (Å²) in [5, 5.41) is 2.76. The molecule has 1 aromatic heterocycles. The molecule has 0 radical (unpaired) electrons. The van der Waals surface area contributed by atoms with Crippen molar-refractivity contribution in [1.29, 1.82) is 0 Å². The van der Waals surface area contributed by atoms with Crippen molar-refractivity contribution in [1.82, 2.24) is 4.98 Å². The molecular formula is C16H16N2O. The Balaban J connectivity index is 2.16. The van der Waals surface area contributed by atoms with Crippen LogP contribution >= 0.6 is 0 Å². The Kier molecular flexibility index (Phi) is 4.08. The van der Waals surface area contributed by atoms with Crippen molar-refractivity contribution in [2.24, 2.45) is 0 Å². The van der Waals surface area contributed by atoms with Gasteiger partial charge < -0.3 is 5.32 Å². The number of pyridine rings is 1. The van der Waals surface area contributed by atoms with E-state index in [1.54, 1.807) is 0 Å². The van der Waals surface area contributed by atoms with Gasteiger partial charge in [0.1, 0.15) is 0 Å². The predicted molar refractivity (Wildman–Crippen MR) is 78.6 cm³/mol. The van der Waals surface area contributed by atoms with Crippen LogP contribution in [0.3, 0.4) is 0 Å². The molecule has 96 valence electrons. The Morgan fingerprint density at radius 3 is 2.68 bits per heavy atom. The van der Waals surface area contributed by atoms with Gasteiger partial charge >= 0.3 is 0 Å². The van der Waals surface area contributed by atoms with Crippen molar-refractivity contribution in [3.63, 3.8) is 0 Å². The Labute approximate surface area is 113 Å². The van der Waals surface area contributed by atoms with E-state index in [-0.39, 0.29) is 5.91 Å². The molecule has 0 aliphatic heterocycles. The molecule has 3 heteroatoms. The third-order valence-corrected chi connectivity index (χ3v) is 2.56. The molecule has 0 spiro atoms. The van der Waals surface area contributed by atoms with Crippen LogP contribution in [0.4, 0.5) is 5.69 Å². The summed E-state index contributed by atoms with van der Waals surface area (Å²) < 4.78 is 0. The average molecular weight is 252 g/mol. The fourth-order valence-electron chi connectivity index (χ4n) is 1.76. The van der Waals surface area contributed by atoms with Crippen molar-refractivity contribution < 1.29 is 4.79 Å². The minimum absolute atomic E-state index is 0.0681. The fraction of sp³-hybridized carbons (Fsp3) is 0.125. The number of nitrogens with zero attached hydrogens (tertiary/aromatic N) is 1. The lowest BCUT2D eigenvalue weighted by Gasteiger charge is -2.02. The summed E-state index contributed by atoms with van der Waals surface area (Å²) >= 11 is 0. The zero-order valence-electron chi connectivity index (χ0n) is 11.1. The summed E-state index contributed by atoms with van der Waals surface area (Å²) in [6.07, 6.45) is 3.94. The number of hydrogen-bond acceptors (Lipinski definition) is 2. The fourth-order valence-corrected chi connectivity index (χ4v) is 1.76. The van der Waals surface area contributed by atoms with Gasteiger partial charge in [0.2, 0.25) is 5.91 Å². The highest BCUT2D eigenvalue weighted by Gasteiger charge is 1.96. The molecule has 1 heterocycles. The lowest BCUT2D eigenvalue weighted by atomic mass is 10.1. The lowest BCUT2D eigenvalue weighted by Crippen LogP contribution is -2.05. The van der Waals surface area contributed by atoms with Gasteiger partial charge in [-0.1, -0.05) is 24.3 Å². The van der Waals surface area contributed by atoms with E-state index >= 15 is 0 Å². The Hall–Kier alpha value is -2.42. The SMILES string of the molecule is CC(=O)Nc1cccc(/C=C/c2cccc(C)n2)c1. The maximum Gasteiger partial charge on any atom is 0.221 e. The summed E-state index contributed by atoms with van der Waals surface area (Å²) in [7, 11) is 0. The number of nitrogens with one attached hydrogen (secondary N) is 1. The molecule has 0 aliphatic carbocycles. The van der Waals surface area contributed by atoms with E-state index in [1.807, 2.05) is 61.5 Å². The van der Waals surface area contributed by atoms with Crippen LogP contribution in [-0.2, 0) is 4.79 Å². The zero-order valence-corrected chi connectivity index (χ0v) is 11.1. The molecule has 0 aliphatic rings. The molecule has 3 nitrogen and oxygen atoms in total. The number of hydrogen-bond donors (Lipinski definition) is 1. The summed E-state index contributed by atoms with van der Waals surface area (Å²) in [6, 6.07) is 13.6. The van der Waals surface area contributed by atoms with Crippen LogP contribution in [0.25, 0.3) is 12.2 Å². The van der Waals surface area contributed by atoms with Crippen LogP contribution in [0.15, 0.2) is 42.5 Å². The van der Waals surface area contributed by atoms with E-state index in [2.05, 4.69) is 10.3 Å². The first kappa shape index (κ1) is 13.0. The summed E-state index contributed by atoms with van der Waals surface area (Å²) in [5.74, 6) is -0.0681. The standard InChI is InChI=1S/C16H16N2O/c1-12-5-3-7-15(17-12)10-9-14-6-4-8-16(11-14)18-13(2)19/h3-11H,1-2H3,(H,18,19)/b10-9+. The van der Waals surface area contributed by atoms with Gasteiger partial charge in [0.25, 0.3) is 0 Å². The number of carbonyl (C=O) groups is 1. The number of amides is 1. The molecule has 0 unspecified atom stereocenters. The van der Waals surface area contributed by atoms with Gasteiger partial charge in [-0.05, 0) is 42.8 Å². The summed E-state index contributed by atoms with van der Waals surface area (Å²) in [5.41, 5.74) is 3.74. The largest absolute Gasteiger partial charge is 0.326 e. The highest BCUT2D eigenvalue weighted by Crippen LogP contribution is 2.13. The molecule has 0 bridgehead atoms. The maximum atomic E-state index is 11.0. The van der Waals surface area contributed by atoms with Gasteiger partial charge in [0.15, 0.2) is 0 Å². The molecule has 19 heavy (non-hydrogen) atoms. The van der Waals surface area contributed by atoms with Crippen LogP contribution in [0.5, 0.6) is 0 Å². The second kappa shape index (κ2) is 5.96. The normalized spacial score (nSPS) is 10.6. The Morgan fingerprint density at radius 1 is 1.16 bits per heavy atom. The average Bonchev–Trinajstić information content (AvgIpc) is 2.36. The number of benzene rings is 1. The summed E-state index contributed by atoms with van der Waals surface area (Å²) in [6.45, 7) is 3.47. The first-order valence-electron chi connectivity index (χ1n) is 6.13. The molecule has 0 saturated heterocycles. The molecule has 0 atom stereocenters. The quantitative estimate of drug-likeness (QED) is 0.908. The first-order chi connectivity index (χ1) is 9.13. The van der Waals surface area contributed by atoms with E-state index in [1.165, 1.54) is 6.92 Å². The zero-order chi connectivity index (χ0) is 13.7. The lowest BCUT2D eigenvalue weighted by molar-refractivity contribution is -0.114. The minimum atomic E-state index is -0.0681. The molecular weight excluding hydrogens is 236 g/mol. The minimum Gasteiger partial charge on any atom is -0.326 e. The molecule has 1 amide bonds. The number of aromatic nitrogens is 1. The van der Waals surface area contributed by atoms with Gasteiger partial charge in [-0.3, -0.25) is 9.78 Å². The van der Waals surface area contributed by atoms with E-state index < -0.39 is 0 Å². The van der Waals surface area contributed by atoms with Crippen LogP contribution in [0, 0.1) is 6.92 Å². The second-order valence-electron chi connectivity index (χ2n) is 4.34. The molecule has 0 fully saturated rings. The van der Waals surface area contributed by atoms with Gasteiger partial charge in [-0.25, -0.2) is 0 Å². The number of aryl methyl sites for hydroxylation is 1. The van der Waals surface area contributed by atoms with Gasteiger partial charge in [-0.2, -0.15) is 0 Å². The molecule has 1 N–H and O–H groups in total. The topological polar surface area (TPSA) is 42.0 Å². The predicted octanol–water partition coefficient (Wildman–Crippen LogP) is 3.52. The van der Waals surface area contributed by atoms with Gasteiger partial charge in [0, 0.05) is 18.3 Å². The third kappa shape index (κ3) is 4.07. The van der Waals surface area contributed by atoms with E-state index in [0.29, 0.717) is 0 Å².